The summed E-state index contributed by atoms with van der Waals surface area (Å²) in [6.07, 6.45) is 3.38. The average Bonchev–Trinajstić information content (AvgIpc) is 2.71. The molecule has 1 aromatic rings. The van der Waals surface area contributed by atoms with Gasteiger partial charge in [-0.05, 0) is 51.7 Å². The molecule has 0 radical (unpaired) electrons. The molecule has 1 heterocycles. The molecule has 0 bridgehead atoms. The van der Waals surface area contributed by atoms with Crippen molar-refractivity contribution in [3.05, 3.63) is 41.3 Å². The number of benzene rings is 1. The molecule has 0 saturated carbocycles. The second-order valence-corrected chi connectivity index (χ2v) is 10.7. The van der Waals surface area contributed by atoms with Gasteiger partial charge >= 0.3 is 5.97 Å². The lowest BCUT2D eigenvalue weighted by atomic mass is 9.96. The molecule has 7 nitrogen and oxygen atoms in total. The molecule has 0 aliphatic carbocycles. The van der Waals surface area contributed by atoms with Crippen molar-refractivity contribution in [3.63, 3.8) is 0 Å². The molecule has 31 heavy (non-hydrogen) atoms. The van der Waals surface area contributed by atoms with E-state index in [-0.39, 0.29) is 24.2 Å². The van der Waals surface area contributed by atoms with E-state index in [1.165, 1.54) is 9.71 Å². The zero-order valence-corrected chi connectivity index (χ0v) is 19.7. The predicted molar refractivity (Wildman–Crippen MR) is 121 cm³/mol. The smallest absolute Gasteiger partial charge is 0.306 e. The maximum atomic E-state index is 12.7. The molecule has 1 aromatic carbocycles. The number of piperidine rings is 1. The van der Waals surface area contributed by atoms with E-state index in [4.69, 9.17) is 4.74 Å². The van der Waals surface area contributed by atoms with E-state index in [0.29, 0.717) is 38.9 Å². The van der Waals surface area contributed by atoms with Crippen molar-refractivity contribution >= 4 is 28.0 Å². The van der Waals surface area contributed by atoms with Gasteiger partial charge in [0.25, 0.3) is 0 Å². The maximum absolute atomic E-state index is 12.7. The first-order chi connectivity index (χ1) is 14.5. The van der Waals surface area contributed by atoms with Crippen LogP contribution in [0.4, 0.5) is 0 Å². The Bertz CT molecular complexity index is 867. The standard InChI is InChI=1S/C23H34N2O5S/c1-23(2,3)30-21(26)11-8-15-24(4)22(27)20-12-16-25(17-13-20)31(28,29)18-14-19-9-6-5-7-10-19/h5-7,9-10,14,18,20H,8,11-13,15-17H2,1-4H3/b18-14+. The summed E-state index contributed by atoms with van der Waals surface area (Å²) >= 11 is 0. The molecule has 0 atom stereocenters. The van der Waals surface area contributed by atoms with Crippen LogP contribution in [0.3, 0.4) is 0 Å². The van der Waals surface area contributed by atoms with Crippen LogP contribution in [0.25, 0.3) is 6.08 Å². The molecule has 0 aromatic heterocycles. The van der Waals surface area contributed by atoms with Gasteiger partial charge in [0.1, 0.15) is 5.60 Å². The molecule has 0 spiro atoms. The molecule has 1 aliphatic heterocycles. The second kappa shape index (κ2) is 10.9. The van der Waals surface area contributed by atoms with Gasteiger partial charge < -0.3 is 9.64 Å². The topological polar surface area (TPSA) is 84.0 Å². The molecule has 1 fully saturated rings. The highest BCUT2D eigenvalue weighted by molar-refractivity contribution is 7.92. The molecule has 1 aliphatic rings. The molecule has 172 valence electrons. The quantitative estimate of drug-likeness (QED) is 0.568. The van der Waals surface area contributed by atoms with Crippen molar-refractivity contribution < 1.29 is 22.7 Å². The van der Waals surface area contributed by atoms with Crippen molar-refractivity contribution in [2.45, 2.75) is 52.1 Å². The fourth-order valence-corrected chi connectivity index (χ4v) is 4.67. The Morgan fingerprint density at radius 1 is 1.16 bits per heavy atom. The van der Waals surface area contributed by atoms with Gasteiger partial charge in [-0.2, -0.15) is 4.31 Å². The number of carbonyl (C=O) groups is 2. The van der Waals surface area contributed by atoms with Crippen LogP contribution in [0.1, 0.15) is 52.0 Å². The fraction of sp³-hybridized carbons (Fsp3) is 0.565. The van der Waals surface area contributed by atoms with Gasteiger partial charge in [0.2, 0.25) is 15.9 Å². The fourth-order valence-electron chi connectivity index (χ4n) is 3.45. The Morgan fingerprint density at radius 3 is 2.35 bits per heavy atom. The maximum Gasteiger partial charge on any atom is 0.306 e. The van der Waals surface area contributed by atoms with E-state index >= 15 is 0 Å². The van der Waals surface area contributed by atoms with Crippen LogP contribution < -0.4 is 0 Å². The third kappa shape index (κ3) is 8.45. The SMILES string of the molecule is CN(CCCC(=O)OC(C)(C)C)C(=O)C1CCN(S(=O)(=O)/C=C/c2ccccc2)CC1. The lowest BCUT2D eigenvalue weighted by molar-refractivity contribution is -0.155. The zero-order valence-electron chi connectivity index (χ0n) is 18.9. The summed E-state index contributed by atoms with van der Waals surface area (Å²) in [6, 6.07) is 9.27. The Labute approximate surface area is 186 Å². The molecule has 1 saturated heterocycles. The minimum absolute atomic E-state index is 0.000986. The highest BCUT2D eigenvalue weighted by Gasteiger charge is 2.31. The summed E-state index contributed by atoms with van der Waals surface area (Å²) < 4.78 is 31.9. The highest BCUT2D eigenvalue weighted by Crippen LogP contribution is 2.22. The molecule has 0 N–H and O–H groups in total. The van der Waals surface area contributed by atoms with Gasteiger partial charge in [0.15, 0.2) is 0 Å². The van der Waals surface area contributed by atoms with Crippen LogP contribution in [0, 0.1) is 5.92 Å². The van der Waals surface area contributed by atoms with Crippen LogP contribution in [0.2, 0.25) is 0 Å². The Kier molecular flexibility index (Phi) is 8.82. The van der Waals surface area contributed by atoms with E-state index in [1.807, 2.05) is 51.1 Å². The first kappa shape index (κ1) is 25.1. The number of nitrogens with zero attached hydrogens (tertiary/aromatic N) is 2. The number of hydrogen-bond donors (Lipinski definition) is 0. The average molecular weight is 451 g/mol. The minimum atomic E-state index is -3.51. The monoisotopic (exact) mass is 450 g/mol. The summed E-state index contributed by atoms with van der Waals surface area (Å²) in [6.45, 7) is 6.59. The van der Waals surface area contributed by atoms with Gasteiger partial charge in [-0.15, -0.1) is 0 Å². The lowest BCUT2D eigenvalue weighted by Gasteiger charge is -2.32. The number of carbonyl (C=O) groups excluding carboxylic acids is 2. The Balaban J connectivity index is 1.78. The van der Waals surface area contributed by atoms with E-state index in [9.17, 15) is 18.0 Å². The number of sulfonamides is 1. The molecule has 0 unspecified atom stereocenters. The van der Waals surface area contributed by atoms with E-state index in [0.717, 1.165) is 5.56 Å². The summed E-state index contributed by atoms with van der Waals surface area (Å²) in [5.41, 5.74) is 0.313. The van der Waals surface area contributed by atoms with Gasteiger partial charge in [0, 0.05) is 44.4 Å². The van der Waals surface area contributed by atoms with Crippen molar-refractivity contribution in [2.75, 3.05) is 26.7 Å². The van der Waals surface area contributed by atoms with Crippen molar-refractivity contribution in [1.82, 2.24) is 9.21 Å². The number of amides is 1. The summed E-state index contributed by atoms with van der Waals surface area (Å²) in [4.78, 5) is 26.1. The van der Waals surface area contributed by atoms with Crippen LogP contribution in [0.5, 0.6) is 0 Å². The Hall–Kier alpha value is -2.19. The molecule has 8 heteroatoms. The van der Waals surface area contributed by atoms with Crippen LogP contribution >= 0.6 is 0 Å². The normalized spacial score (nSPS) is 16.4. The van der Waals surface area contributed by atoms with Gasteiger partial charge in [-0.3, -0.25) is 9.59 Å². The molecule has 1 amide bonds. The number of rotatable bonds is 8. The van der Waals surface area contributed by atoms with Gasteiger partial charge in [0.05, 0.1) is 0 Å². The third-order valence-corrected chi connectivity index (χ3v) is 6.63. The van der Waals surface area contributed by atoms with Crippen LogP contribution in [0.15, 0.2) is 35.7 Å². The predicted octanol–water partition coefficient (Wildman–Crippen LogP) is 3.28. The first-order valence-electron chi connectivity index (χ1n) is 10.7. The zero-order chi connectivity index (χ0) is 23.1. The van der Waals surface area contributed by atoms with Crippen molar-refractivity contribution in [2.24, 2.45) is 5.92 Å². The van der Waals surface area contributed by atoms with Crippen molar-refractivity contribution in [1.29, 1.82) is 0 Å². The van der Waals surface area contributed by atoms with E-state index in [2.05, 4.69) is 0 Å². The lowest BCUT2D eigenvalue weighted by Crippen LogP contribution is -2.43. The second-order valence-electron chi connectivity index (χ2n) is 8.88. The highest BCUT2D eigenvalue weighted by atomic mass is 32.2. The van der Waals surface area contributed by atoms with Gasteiger partial charge in [-0.25, -0.2) is 8.42 Å². The summed E-state index contributed by atoms with van der Waals surface area (Å²) in [5.74, 6) is -0.465. The number of hydrogen-bond acceptors (Lipinski definition) is 5. The Morgan fingerprint density at radius 2 is 1.77 bits per heavy atom. The largest absolute Gasteiger partial charge is 0.460 e. The minimum Gasteiger partial charge on any atom is -0.460 e. The van der Waals surface area contributed by atoms with E-state index < -0.39 is 15.6 Å². The van der Waals surface area contributed by atoms with Crippen LogP contribution in [-0.4, -0.2) is 61.8 Å². The molecule has 2 rings (SSSR count). The summed E-state index contributed by atoms with van der Waals surface area (Å²) in [7, 11) is -1.79. The van der Waals surface area contributed by atoms with E-state index in [1.54, 1.807) is 18.0 Å². The van der Waals surface area contributed by atoms with Gasteiger partial charge in [-0.1, -0.05) is 30.3 Å². The van der Waals surface area contributed by atoms with Crippen LogP contribution in [-0.2, 0) is 24.3 Å². The number of ether oxygens (including phenoxy) is 1. The molecular weight excluding hydrogens is 416 g/mol. The van der Waals surface area contributed by atoms with Crippen molar-refractivity contribution in [3.8, 4) is 0 Å². The third-order valence-electron chi connectivity index (χ3n) is 5.07. The number of esters is 1. The molecular formula is C23H34N2O5S. The summed E-state index contributed by atoms with van der Waals surface area (Å²) in [5, 5.41) is 1.23. The first-order valence-corrected chi connectivity index (χ1v) is 12.2.